The maximum atomic E-state index is 14.4. The van der Waals surface area contributed by atoms with Crippen molar-refractivity contribution in [1.29, 1.82) is 0 Å². The van der Waals surface area contributed by atoms with Crippen molar-refractivity contribution in [2.45, 2.75) is 323 Å². The first-order chi connectivity index (χ1) is 68.1. The van der Waals surface area contributed by atoms with Crippen molar-refractivity contribution in [3.63, 3.8) is 0 Å². The fourth-order valence-electron chi connectivity index (χ4n) is 24.4. The molecule has 0 bridgehead atoms. The SMILES string of the molecule is C=CC1CCC(C2CCC(COc3ccc(OC)c(F)c3F)CC2)CC1.C=CC1CCC(C2CCC(COc3ccc(OCC)c(F)c3F)CC2)CC1.C=CC1CCC(C2CCC(COc3ccc(OCCC)c(F)c3F)CC2)CC1.C=CC1CCC(C2CCC(COc3ccc(OCCCC)c(F)c3F)CC2)CC1.C=CC1CCC(C2CCC(COc3ccc(OCCCCC)c(F)c3F)CC2)CC1. The van der Waals surface area contributed by atoms with Crippen LogP contribution in [-0.2, 0) is 0 Å². The van der Waals surface area contributed by atoms with Gasteiger partial charge >= 0.3 is 0 Å². The Bertz CT molecular complexity index is 4440. The van der Waals surface area contributed by atoms with Gasteiger partial charge in [-0.3, -0.25) is 0 Å². The third kappa shape index (κ3) is 34.1. The van der Waals surface area contributed by atoms with Crippen LogP contribution < -0.4 is 47.4 Å². The Morgan fingerprint density at radius 2 is 0.379 bits per heavy atom. The number of hydrogen-bond donors (Lipinski definition) is 0. The number of hydrogen-bond acceptors (Lipinski definition) is 10. The van der Waals surface area contributed by atoms with E-state index in [4.69, 9.17) is 47.4 Å². The number of ether oxygens (including phenoxy) is 10. The maximum Gasteiger partial charge on any atom is 0.204 e. The van der Waals surface area contributed by atoms with Gasteiger partial charge in [-0.25, -0.2) is 0 Å². The van der Waals surface area contributed by atoms with E-state index in [9.17, 15) is 43.9 Å². The van der Waals surface area contributed by atoms with Crippen LogP contribution in [-0.4, -0.2) is 66.6 Å². The third-order valence-electron chi connectivity index (χ3n) is 33.7. The Morgan fingerprint density at radius 1 is 0.207 bits per heavy atom. The van der Waals surface area contributed by atoms with Gasteiger partial charge in [0.1, 0.15) is 0 Å². The van der Waals surface area contributed by atoms with Gasteiger partial charge < -0.3 is 47.4 Å². The summed E-state index contributed by atoms with van der Waals surface area (Å²) >= 11 is 0. The molecule has 0 N–H and O–H groups in total. The first-order valence-corrected chi connectivity index (χ1v) is 54.8. The number of allylic oxidation sites excluding steroid dienone is 5. The molecule has 0 heterocycles. The molecule has 10 nitrogen and oxygen atoms in total. The number of unbranched alkanes of at least 4 members (excludes halogenated alkanes) is 3. The van der Waals surface area contributed by atoms with E-state index in [1.807, 2.05) is 13.8 Å². The summed E-state index contributed by atoms with van der Waals surface area (Å²) in [5.74, 6) is 4.35. The molecule has 0 spiro atoms. The van der Waals surface area contributed by atoms with E-state index in [0.717, 1.165) is 192 Å². The predicted octanol–water partition coefficient (Wildman–Crippen LogP) is 34.7. The normalized spacial score (nSPS) is 28.0. The van der Waals surface area contributed by atoms with Crippen LogP contribution in [0.3, 0.4) is 0 Å². The van der Waals surface area contributed by atoms with Crippen LogP contribution in [0.4, 0.5) is 43.9 Å². The molecular formula is C120H170F10O10. The zero-order valence-corrected chi connectivity index (χ0v) is 85.5. The number of benzene rings is 5. The van der Waals surface area contributed by atoms with Gasteiger partial charge in [0.25, 0.3) is 0 Å². The molecule has 0 radical (unpaired) electrons. The minimum absolute atomic E-state index is 0.00159. The van der Waals surface area contributed by atoms with Gasteiger partial charge in [-0.15, -0.1) is 32.9 Å². The summed E-state index contributed by atoms with van der Waals surface area (Å²) < 4.78 is 195. The lowest BCUT2D eigenvalue weighted by Gasteiger charge is -2.37. The van der Waals surface area contributed by atoms with E-state index >= 15 is 0 Å². The number of methoxy groups -OCH3 is 1. The van der Waals surface area contributed by atoms with E-state index in [-0.39, 0.29) is 57.5 Å². The molecule has 0 saturated heterocycles. The predicted molar refractivity (Wildman–Crippen MR) is 544 cm³/mol. The van der Waals surface area contributed by atoms with Crippen LogP contribution in [0.1, 0.15) is 323 Å². The lowest BCUT2D eigenvalue weighted by atomic mass is 9.69. The van der Waals surface area contributed by atoms with Crippen LogP contribution >= 0.6 is 0 Å². The van der Waals surface area contributed by atoms with E-state index in [1.165, 1.54) is 260 Å². The van der Waals surface area contributed by atoms with Crippen molar-refractivity contribution >= 4 is 0 Å². The molecule has 5 aromatic carbocycles. The van der Waals surface area contributed by atoms with E-state index < -0.39 is 58.2 Å². The van der Waals surface area contributed by atoms with Gasteiger partial charge in [-0.2, -0.15) is 43.9 Å². The molecule has 10 fully saturated rings. The summed E-state index contributed by atoms with van der Waals surface area (Å²) in [5.41, 5.74) is 0. The van der Waals surface area contributed by atoms with Crippen molar-refractivity contribution in [3.8, 4) is 57.5 Å². The Hall–Kier alpha value is -7.90. The summed E-state index contributed by atoms with van der Waals surface area (Å²) in [7, 11) is 1.32. The van der Waals surface area contributed by atoms with Crippen molar-refractivity contribution in [2.75, 3.05) is 66.6 Å². The molecule has 20 heteroatoms. The maximum absolute atomic E-state index is 14.4. The quantitative estimate of drug-likeness (QED) is 0.0214. The molecule has 0 aromatic heterocycles. The Kier molecular flexibility index (Phi) is 48.3. The third-order valence-corrected chi connectivity index (χ3v) is 33.7. The van der Waals surface area contributed by atoms with Gasteiger partial charge in [0.2, 0.25) is 58.2 Å². The summed E-state index contributed by atoms with van der Waals surface area (Å²) in [6.45, 7) is 31.2. The first kappa shape index (κ1) is 112. The van der Waals surface area contributed by atoms with Crippen LogP contribution in [0.5, 0.6) is 57.5 Å². The highest BCUT2D eigenvalue weighted by atomic mass is 19.2. The second-order valence-electron chi connectivity index (χ2n) is 42.7. The highest BCUT2D eigenvalue weighted by Gasteiger charge is 2.38. The van der Waals surface area contributed by atoms with Crippen LogP contribution in [0.25, 0.3) is 0 Å². The number of halogens is 10. The molecule has 0 amide bonds. The lowest BCUT2D eigenvalue weighted by molar-refractivity contribution is 0.127. The van der Waals surface area contributed by atoms with Gasteiger partial charge in [0, 0.05) is 0 Å². The zero-order chi connectivity index (χ0) is 99.7. The second-order valence-corrected chi connectivity index (χ2v) is 42.7. The second kappa shape index (κ2) is 60.1. The van der Waals surface area contributed by atoms with Crippen molar-refractivity contribution in [1.82, 2.24) is 0 Å². The fourth-order valence-corrected chi connectivity index (χ4v) is 24.4. The molecule has 0 unspecified atom stereocenters. The lowest BCUT2D eigenvalue weighted by Crippen LogP contribution is -2.27. The molecule has 140 heavy (non-hydrogen) atoms. The van der Waals surface area contributed by atoms with Crippen molar-refractivity contribution in [3.05, 3.63) is 182 Å². The topological polar surface area (TPSA) is 92.3 Å². The molecular weight excluding hydrogens is 1790 g/mol. The highest BCUT2D eigenvalue weighted by Crippen LogP contribution is 2.49. The largest absolute Gasteiger partial charge is 0.494 e. The van der Waals surface area contributed by atoms with Crippen molar-refractivity contribution in [2.24, 2.45) is 118 Å². The fraction of sp³-hybridized carbons (Fsp3) is 0.667. The molecule has 10 aliphatic carbocycles. The molecule has 0 aliphatic heterocycles. The van der Waals surface area contributed by atoms with Crippen LogP contribution in [0, 0.1) is 177 Å². The summed E-state index contributed by atoms with van der Waals surface area (Å²) in [6.07, 6.45) is 65.8. The van der Waals surface area contributed by atoms with Gasteiger partial charge in [0.05, 0.1) is 66.6 Å². The smallest absolute Gasteiger partial charge is 0.204 e. The summed E-state index contributed by atoms with van der Waals surface area (Å²) in [5, 5.41) is 0. The summed E-state index contributed by atoms with van der Waals surface area (Å²) in [6, 6.07) is 14.6. The molecule has 0 atom stereocenters. The van der Waals surface area contributed by atoms with Crippen LogP contribution in [0.15, 0.2) is 124 Å². The van der Waals surface area contributed by atoms with E-state index in [2.05, 4.69) is 70.2 Å². The minimum atomic E-state index is -0.983. The van der Waals surface area contributed by atoms with Gasteiger partial charge in [-0.05, 0) is 462 Å². The zero-order valence-electron chi connectivity index (χ0n) is 85.5. The van der Waals surface area contributed by atoms with E-state index in [1.54, 1.807) is 6.92 Å². The molecule has 10 saturated carbocycles. The average molecular weight is 1960 g/mol. The van der Waals surface area contributed by atoms with Crippen molar-refractivity contribution < 1.29 is 91.3 Å². The minimum Gasteiger partial charge on any atom is -0.494 e. The Labute approximate surface area is 834 Å². The molecule has 10 aliphatic rings. The standard InChI is InChI=1S/C26H38F2O2.C25H36F2O2.C24H34F2O2.C23H32F2O2.C22H30F2O2/c1-3-5-6-17-29-23-15-16-24(26(28)25(23)27)30-18-20-9-13-22(14-10-20)21-11-7-19(4-2)8-12-21;1-3-5-16-28-22-14-15-23(25(27)24(22)26)29-17-19-8-12-21(13-9-19)20-10-6-18(4-2)7-11-20;1-3-15-27-21-13-14-22(24(26)23(21)25)28-16-18-7-11-20(12-8-18)19-9-5-17(4-2)6-10-19;1-3-16-5-9-18(10-6-16)19-11-7-17(8-12-19)15-27-21-14-13-20(26-4-2)22(24)23(21)25;1-3-15-4-8-17(9-5-15)18-10-6-16(7-11-18)14-26-20-13-12-19(25-2)21(23)22(20)24/h4,15-16,19-22H,2-3,5-14,17-18H2,1H3;4,14-15,18-21H,2-3,5-13,16-17H2,1H3;4,13-14,17-20H,2-3,5-12,15-16H2,1H3;3,13-14,16-19H,1,4-12,15H2,2H3;3,12-13,15-18H,1,4-11,14H2,2H3. The molecule has 780 valence electrons. The molecule has 15 rings (SSSR count). The monoisotopic (exact) mass is 1960 g/mol. The van der Waals surface area contributed by atoms with Gasteiger partial charge in [0.15, 0.2) is 57.5 Å². The van der Waals surface area contributed by atoms with Gasteiger partial charge in [-0.1, -0.05) is 70.4 Å². The van der Waals surface area contributed by atoms with Crippen LogP contribution in [0.2, 0.25) is 0 Å². The average Bonchev–Trinajstić information content (AvgIpc) is 0.830. The first-order valence-electron chi connectivity index (χ1n) is 54.8. The Balaban J connectivity index is 0.000000168. The number of rotatable bonds is 40. The summed E-state index contributed by atoms with van der Waals surface area (Å²) in [4.78, 5) is 0. The Morgan fingerprint density at radius 3 is 0.564 bits per heavy atom. The van der Waals surface area contributed by atoms with E-state index in [0.29, 0.717) is 89.1 Å². The molecule has 5 aromatic rings. The highest BCUT2D eigenvalue weighted by molar-refractivity contribution is 5.39.